The lowest BCUT2D eigenvalue weighted by molar-refractivity contribution is -0.167. The second kappa shape index (κ2) is 33.9. The lowest BCUT2D eigenvalue weighted by Crippen LogP contribution is -2.30. The van der Waals surface area contributed by atoms with E-state index in [9.17, 15) is 14.4 Å². The van der Waals surface area contributed by atoms with Crippen LogP contribution in [-0.2, 0) is 28.6 Å². The number of carbonyl (C=O) groups excluding carboxylic acids is 3. The molecule has 0 amide bonds. The van der Waals surface area contributed by atoms with E-state index in [0.717, 1.165) is 75.5 Å². The van der Waals surface area contributed by atoms with E-state index >= 15 is 0 Å². The van der Waals surface area contributed by atoms with Gasteiger partial charge in [0.1, 0.15) is 13.2 Å². The van der Waals surface area contributed by atoms with Crippen molar-refractivity contribution < 1.29 is 28.6 Å². The average molecular weight is 681 g/mol. The molecular weight excluding hydrogens is 600 g/mol. The van der Waals surface area contributed by atoms with Crippen molar-refractivity contribution in [2.24, 2.45) is 17.8 Å². The quantitative estimate of drug-likeness (QED) is 0.0376. The van der Waals surface area contributed by atoms with Crippen LogP contribution in [0.4, 0.5) is 0 Å². The summed E-state index contributed by atoms with van der Waals surface area (Å²) in [5, 5.41) is 0. The minimum Gasteiger partial charge on any atom is -0.462 e. The predicted molar refractivity (Wildman–Crippen MR) is 201 cm³/mol. The summed E-state index contributed by atoms with van der Waals surface area (Å²) < 4.78 is 16.6. The summed E-state index contributed by atoms with van der Waals surface area (Å²) in [7, 11) is 0. The molecule has 0 fully saturated rings. The first-order valence-electron chi connectivity index (χ1n) is 20.6. The highest BCUT2D eigenvalue weighted by Crippen LogP contribution is 2.16. The second-order valence-corrected chi connectivity index (χ2v) is 15.5. The van der Waals surface area contributed by atoms with Gasteiger partial charge in [-0.05, 0) is 37.0 Å². The molecule has 0 spiro atoms. The van der Waals surface area contributed by atoms with Crippen molar-refractivity contribution in [1.82, 2.24) is 0 Å². The normalized spacial score (nSPS) is 12.8. The zero-order chi connectivity index (χ0) is 35.7. The third-order valence-corrected chi connectivity index (χ3v) is 9.51. The zero-order valence-electron chi connectivity index (χ0n) is 32.8. The average Bonchev–Trinajstić information content (AvgIpc) is 3.05. The molecule has 0 aromatic carbocycles. The fourth-order valence-corrected chi connectivity index (χ4v) is 5.96. The molecule has 0 saturated carbocycles. The fourth-order valence-electron chi connectivity index (χ4n) is 5.96. The highest BCUT2D eigenvalue weighted by molar-refractivity contribution is 5.71. The minimum atomic E-state index is -0.761. The lowest BCUT2D eigenvalue weighted by Gasteiger charge is -2.18. The summed E-state index contributed by atoms with van der Waals surface area (Å²) in [5.41, 5.74) is 0. The third-order valence-electron chi connectivity index (χ3n) is 9.51. The van der Waals surface area contributed by atoms with E-state index in [1.165, 1.54) is 96.3 Å². The fraction of sp³-hybridized carbons (Fsp3) is 0.929. The van der Waals surface area contributed by atoms with E-state index in [-0.39, 0.29) is 31.1 Å². The van der Waals surface area contributed by atoms with E-state index in [1.54, 1.807) is 0 Å². The van der Waals surface area contributed by atoms with Gasteiger partial charge in [-0.2, -0.15) is 0 Å². The van der Waals surface area contributed by atoms with Gasteiger partial charge in [-0.25, -0.2) is 0 Å². The smallest absolute Gasteiger partial charge is 0.306 e. The van der Waals surface area contributed by atoms with Gasteiger partial charge in [0.05, 0.1) is 0 Å². The van der Waals surface area contributed by atoms with Crippen LogP contribution >= 0.6 is 0 Å². The van der Waals surface area contributed by atoms with Crippen LogP contribution in [0.15, 0.2) is 0 Å². The van der Waals surface area contributed by atoms with Crippen LogP contribution in [0.1, 0.15) is 215 Å². The monoisotopic (exact) mass is 681 g/mol. The molecule has 0 aliphatic carbocycles. The van der Waals surface area contributed by atoms with Gasteiger partial charge in [0.15, 0.2) is 6.10 Å². The molecule has 0 aromatic heterocycles. The van der Waals surface area contributed by atoms with Gasteiger partial charge in [-0.1, -0.05) is 176 Å². The van der Waals surface area contributed by atoms with Gasteiger partial charge in [-0.3, -0.25) is 14.4 Å². The Morgan fingerprint density at radius 1 is 0.417 bits per heavy atom. The van der Waals surface area contributed by atoms with Crippen LogP contribution < -0.4 is 0 Å². The third kappa shape index (κ3) is 34.3. The highest BCUT2D eigenvalue weighted by Gasteiger charge is 2.19. The van der Waals surface area contributed by atoms with Gasteiger partial charge >= 0.3 is 17.9 Å². The number of ether oxygens (including phenoxy) is 3. The predicted octanol–water partition coefficient (Wildman–Crippen LogP) is 12.5. The van der Waals surface area contributed by atoms with Crippen molar-refractivity contribution in [3.05, 3.63) is 0 Å². The number of carbonyl (C=O) groups is 3. The largest absolute Gasteiger partial charge is 0.462 e. The first-order chi connectivity index (χ1) is 23.1. The number of esters is 3. The van der Waals surface area contributed by atoms with E-state index in [0.29, 0.717) is 19.3 Å². The Morgan fingerprint density at radius 2 is 0.729 bits per heavy atom. The van der Waals surface area contributed by atoms with Gasteiger partial charge in [0.25, 0.3) is 0 Å². The molecule has 2 atom stereocenters. The van der Waals surface area contributed by atoms with Crippen molar-refractivity contribution in [1.29, 1.82) is 0 Å². The van der Waals surface area contributed by atoms with E-state index < -0.39 is 6.10 Å². The summed E-state index contributed by atoms with van der Waals surface area (Å²) in [5.74, 6) is 1.49. The van der Waals surface area contributed by atoms with Gasteiger partial charge < -0.3 is 14.2 Å². The summed E-state index contributed by atoms with van der Waals surface area (Å²) in [6, 6.07) is 0. The summed E-state index contributed by atoms with van der Waals surface area (Å²) in [6.45, 7) is 13.5. The molecule has 48 heavy (non-hydrogen) atoms. The number of hydrogen-bond donors (Lipinski definition) is 0. The van der Waals surface area contributed by atoms with Crippen molar-refractivity contribution in [2.45, 2.75) is 221 Å². The molecule has 0 rings (SSSR count). The molecule has 284 valence electrons. The summed E-state index contributed by atoms with van der Waals surface area (Å²) in [6.07, 6.45) is 28.2. The van der Waals surface area contributed by atoms with Gasteiger partial charge in [0, 0.05) is 19.3 Å². The molecule has 0 radical (unpaired) electrons. The Hall–Kier alpha value is -1.59. The van der Waals surface area contributed by atoms with Crippen molar-refractivity contribution in [2.75, 3.05) is 13.2 Å². The second-order valence-electron chi connectivity index (χ2n) is 15.5. The van der Waals surface area contributed by atoms with Gasteiger partial charge in [0.2, 0.25) is 0 Å². The molecule has 0 aromatic rings. The number of hydrogen-bond acceptors (Lipinski definition) is 6. The maximum absolute atomic E-state index is 12.6. The number of unbranched alkanes of at least 4 members (excludes halogenated alkanes) is 17. The van der Waals surface area contributed by atoms with E-state index in [4.69, 9.17) is 14.2 Å². The maximum Gasteiger partial charge on any atom is 0.306 e. The maximum atomic E-state index is 12.6. The number of rotatable bonds is 35. The van der Waals surface area contributed by atoms with Gasteiger partial charge in [-0.15, -0.1) is 0 Å². The first-order valence-corrected chi connectivity index (χ1v) is 20.6. The molecular formula is C42H80O6. The van der Waals surface area contributed by atoms with Crippen LogP contribution in [0.25, 0.3) is 0 Å². The Balaban J connectivity index is 4.38. The highest BCUT2D eigenvalue weighted by atomic mass is 16.6. The molecule has 6 nitrogen and oxygen atoms in total. The van der Waals surface area contributed by atoms with E-state index in [1.807, 2.05) is 0 Å². The Morgan fingerprint density at radius 3 is 1.08 bits per heavy atom. The van der Waals surface area contributed by atoms with Crippen LogP contribution in [0, 0.1) is 17.8 Å². The Labute approximate surface area is 298 Å². The molecule has 0 aliphatic heterocycles. The van der Waals surface area contributed by atoms with Crippen molar-refractivity contribution >= 4 is 17.9 Å². The van der Waals surface area contributed by atoms with Crippen LogP contribution in [-0.4, -0.2) is 37.2 Å². The molecule has 1 unspecified atom stereocenters. The molecule has 0 bridgehead atoms. The van der Waals surface area contributed by atoms with Crippen LogP contribution in [0.5, 0.6) is 0 Å². The Bertz CT molecular complexity index is 748. The summed E-state index contributed by atoms with van der Waals surface area (Å²) in [4.78, 5) is 37.5. The first kappa shape index (κ1) is 46.4. The standard InChI is InChI=1S/C42H80O6/c1-7-38(6)30-24-18-13-15-20-26-32-41(44)47-35-39(34-46-40(43)31-25-19-14-12-17-23-29-37(4)5)48-42(45)33-27-21-11-9-8-10-16-22-28-36(2)3/h36-39H,7-35H2,1-6H3/t38?,39-/m1/s1. The van der Waals surface area contributed by atoms with Crippen LogP contribution in [0.3, 0.4) is 0 Å². The molecule has 0 saturated heterocycles. The minimum absolute atomic E-state index is 0.0688. The zero-order valence-corrected chi connectivity index (χ0v) is 32.8. The van der Waals surface area contributed by atoms with E-state index in [2.05, 4.69) is 41.5 Å². The van der Waals surface area contributed by atoms with Crippen molar-refractivity contribution in [3.8, 4) is 0 Å². The molecule has 0 heterocycles. The summed E-state index contributed by atoms with van der Waals surface area (Å²) >= 11 is 0. The molecule has 0 aliphatic rings. The molecule has 6 heteroatoms. The lowest BCUT2D eigenvalue weighted by atomic mass is 10.00. The topological polar surface area (TPSA) is 78.9 Å². The molecule has 0 N–H and O–H groups in total. The van der Waals surface area contributed by atoms with Crippen LogP contribution in [0.2, 0.25) is 0 Å². The van der Waals surface area contributed by atoms with Crippen molar-refractivity contribution in [3.63, 3.8) is 0 Å². The SMILES string of the molecule is CCC(C)CCCCCCCCC(=O)OC[C@@H](COC(=O)CCCCCCCCC(C)C)OC(=O)CCCCCCCCCCC(C)C. The Kier molecular flexibility index (Phi) is 32.8.